The summed E-state index contributed by atoms with van der Waals surface area (Å²) in [7, 11) is 0. The van der Waals surface area contributed by atoms with E-state index in [0.717, 1.165) is 24.4 Å². The third-order valence-electron chi connectivity index (χ3n) is 4.58. The summed E-state index contributed by atoms with van der Waals surface area (Å²) in [6, 6.07) is 6.92. The molecule has 0 atom stereocenters. The second kappa shape index (κ2) is 6.16. The van der Waals surface area contributed by atoms with Gasteiger partial charge in [0.15, 0.2) is 0 Å². The summed E-state index contributed by atoms with van der Waals surface area (Å²) < 4.78 is 0. The first-order valence-electron chi connectivity index (χ1n) is 8.90. The van der Waals surface area contributed by atoms with Gasteiger partial charge in [-0.1, -0.05) is 40.7 Å². The average molecular weight is 320 g/mol. The van der Waals surface area contributed by atoms with Crippen molar-refractivity contribution in [2.75, 3.05) is 6.54 Å². The molecular formula is C22H28N2. The van der Waals surface area contributed by atoms with Crippen molar-refractivity contribution < 1.29 is 0 Å². The van der Waals surface area contributed by atoms with Crippen molar-refractivity contribution in [2.45, 2.75) is 53.4 Å². The van der Waals surface area contributed by atoms with Crippen LogP contribution in [-0.2, 0) is 11.8 Å². The molecule has 0 fully saturated rings. The predicted molar refractivity (Wildman–Crippen MR) is 105 cm³/mol. The minimum atomic E-state index is 0.111. The molecule has 126 valence electrons. The number of benzene rings is 1. The summed E-state index contributed by atoms with van der Waals surface area (Å²) in [6.07, 6.45) is 5.22. The molecule has 3 rings (SSSR count). The summed E-state index contributed by atoms with van der Waals surface area (Å²) in [6.45, 7) is 14.2. The summed E-state index contributed by atoms with van der Waals surface area (Å²) in [5.74, 6) is 0.645. The fraction of sp³-hybridized carbons (Fsp3) is 0.455. The number of nitrogens with zero attached hydrogens (tertiary/aromatic N) is 2. The van der Waals surface area contributed by atoms with E-state index in [1.165, 1.54) is 27.5 Å². The summed E-state index contributed by atoms with van der Waals surface area (Å²) in [5.41, 5.74) is 6.37. The Hall–Kier alpha value is -1.96. The molecule has 2 nitrogen and oxygen atoms in total. The Bertz CT molecular complexity index is 833. The topological polar surface area (TPSA) is 25.2 Å². The van der Waals surface area contributed by atoms with Crippen molar-refractivity contribution in [3.63, 3.8) is 0 Å². The quantitative estimate of drug-likeness (QED) is 0.724. The molecule has 1 aromatic carbocycles. The van der Waals surface area contributed by atoms with Gasteiger partial charge < -0.3 is 0 Å². The van der Waals surface area contributed by atoms with Gasteiger partial charge in [-0.25, -0.2) is 0 Å². The van der Waals surface area contributed by atoms with E-state index >= 15 is 0 Å². The molecule has 1 aliphatic heterocycles. The molecule has 1 aliphatic rings. The van der Waals surface area contributed by atoms with E-state index in [2.05, 4.69) is 70.8 Å². The highest BCUT2D eigenvalue weighted by Gasteiger charge is 2.21. The Labute approximate surface area is 145 Å². The molecular weight excluding hydrogens is 292 g/mol. The van der Waals surface area contributed by atoms with Gasteiger partial charge >= 0.3 is 0 Å². The second-order valence-corrected chi connectivity index (χ2v) is 8.37. The van der Waals surface area contributed by atoms with Gasteiger partial charge in [0.05, 0.1) is 12.2 Å². The highest BCUT2D eigenvalue weighted by atomic mass is 14.8. The lowest BCUT2D eigenvalue weighted by Gasteiger charge is -2.24. The minimum absolute atomic E-state index is 0.111. The van der Waals surface area contributed by atoms with Gasteiger partial charge in [0.1, 0.15) is 0 Å². The maximum atomic E-state index is 4.73. The highest BCUT2D eigenvalue weighted by molar-refractivity contribution is 6.06. The summed E-state index contributed by atoms with van der Waals surface area (Å²) >= 11 is 0. The average Bonchev–Trinajstić information content (AvgIpc) is 2.90. The van der Waals surface area contributed by atoms with Crippen molar-refractivity contribution >= 4 is 22.1 Å². The molecule has 0 amide bonds. The van der Waals surface area contributed by atoms with Gasteiger partial charge in [-0.3, -0.25) is 9.98 Å². The molecule has 2 aromatic rings. The zero-order chi connectivity index (χ0) is 17.5. The van der Waals surface area contributed by atoms with Crippen LogP contribution in [0.2, 0.25) is 0 Å². The first-order chi connectivity index (χ1) is 11.3. The molecule has 24 heavy (non-hydrogen) atoms. The van der Waals surface area contributed by atoms with E-state index in [-0.39, 0.29) is 5.41 Å². The monoisotopic (exact) mass is 320 g/mol. The predicted octanol–water partition coefficient (Wildman–Crippen LogP) is 5.59. The number of hydrogen-bond acceptors (Lipinski definition) is 2. The maximum absolute atomic E-state index is 4.73. The normalized spacial score (nSPS) is 15.1. The number of aliphatic imine (C=N–C) groups is 1. The maximum Gasteiger partial charge on any atom is 0.0759 e. The van der Waals surface area contributed by atoms with Crippen molar-refractivity contribution in [1.82, 2.24) is 4.98 Å². The Balaban J connectivity index is 2.26. The smallest absolute Gasteiger partial charge is 0.0759 e. The van der Waals surface area contributed by atoms with Gasteiger partial charge in [0, 0.05) is 22.9 Å². The molecule has 0 unspecified atom stereocenters. The molecule has 0 radical (unpaired) electrons. The largest absolute Gasteiger partial charge is 0.285 e. The molecule has 0 spiro atoms. The van der Waals surface area contributed by atoms with Crippen LogP contribution >= 0.6 is 0 Å². The van der Waals surface area contributed by atoms with Crippen molar-refractivity contribution in [3.05, 3.63) is 47.3 Å². The van der Waals surface area contributed by atoms with Crippen LogP contribution in [0.25, 0.3) is 16.3 Å². The van der Waals surface area contributed by atoms with E-state index in [1.54, 1.807) is 0 Å². The lowest BCUT2D eigenvalue weighted by Crippen LogP contribution is -2.13. The van der Waals surface area contributed by atoms with Crippen LogP contribution in [0.5, 0.6) is 0 Å². The number of fused-ring (bicyclic) bond motifs is 1. The summed E-state index contributed by atoms with van der Waals surface area (Å²) in [4.78, 5) is 9.25. The molecule has 2 heteroatoms. The number of hydrogen-bond donors (Lipinski definition) is 0. The fourth-order valence-electron chi connectivity index (χ4n) is 3.51. The number of rotatable bonds is 3. The van der Waals surface area contributed by atoms with E-state index in [1.807, 2.05) is 6.20 Å². The SMILES string of the molecule is CC1=NCC(c2nccc3c(C(C)(C)C)cc(CC(C)C)cc23)=C1. The van der Waals surface area contributed by atoms with Gasteiger partial charge in [-0.05, 0) is 59.4 Å². The van der Waals surface area contributed by atoms with Gasteiger partial charge in [-0.15, -0.1) is 0 Å². The van der Waals surface area contributed by atoms with Gasteiger partial charge in [0.2, 0.25) is 0 Å². The van der Waals surface area contributed by atoms with Crippen LogP contribution < -0.4 is 0 Å². The van der Waals surface area contributed by atoms with Crippen LogP contribution in [-0.4, -0.2) is 17.2 Å². The molecule has 0 aliphatic carbocycles. The fourth-order valence-corrected chi connectivity index (χ4v) is 3.51. The third kappa shape index (κ3) is 3.28. The Kier molecular flexibility index (Phi) is 4.33. The zero-order valence-corrected chi connectivity index (χ0v) is 15.8. The van der Waals surface area contributed by atoms with Crippen LogP contribution in [0.3, 0.4) is 0 Å². The van der Waals surface area contributed by atoms with Crippen molar-refractivity contribution in [3.8, 4) is 0 Å². The molecule has 2 heterocycles. The van der Waals surface area contributed by atoms with Crippen molar-refractivity contribution in [1.29, 1.82) is 0 Å². The lowest BCUT2D eigenvalue weighted by molar-refractivity contribution is 0.592. The van der Waals surface area contributed by atoms with Crippen molar-refractivity contribution in [2.24, 2.45) is 10.9 Å². The van der Waals surface area contributed by atoms with Crippen LogP contribution in [0, 0.1) is 5.92 Å². The number of aromatic nitrogens is 1. The van der Waals surface area contributed by atoms with E-state index in [4.69, 9.17) is 4.98 Å². The van der Waals surface area contributed by atoms with Gasteiger partial charge in [-0.2, -0.15) is 0 Å². The Morgan fingerprint density at radius 2 is 1.88 bits per heavy atom. The van der Waals surface area contributed by atoms with E-state index < -0.39 is 0 Å². The molecule has 1 aromatic heterocycles. The first-order valence-corrected chi connectivity index (χ1v) is 8.90. The second-order valence-electron chi connectivity index (χ2n) is 8.37. The van der Waals surface area contributed by atoms with E-state index in [9.17, 15) is 0 Å². The van der Waals surface area contributed by atoms with Crippen LogP contribution in [0.1, 0.15) is 58.4 Å². The van der Waals surface area contributed by atoms with Gasteiger partial charge in [0.25, 0.3) is 0 Å². The number of pyridine rings is 1. The third-order valence-corrected chi connectivity index (χ3v) is 4.58. The standard InChI is InChI=1S/C22H28N2/c1-14(2)9-16-11-19-18(20(12-16)22(4,5)6)7-8-23-21(19)17-10-15(3)24-13-17/h7-8,10-12,14H,9,13H2,1-6H3. The first kappa shape index (κ1) is 16.9. The molecule has 0 saturated carbocycles. The number of allylic oxidation sites excluding steroid dienone is 1. The Morgan fingerprint density at radius 1 is 1.12 bits per heavy atom. The molecule has 0 N–H and O–H groups in total. The minimum Gasteiger partial charge on any atom is -0.285 e. The Morgan fingerprint density at radius 3 is 2.46 bits per heavy atom. The lowest BCUT2D eigenvalue weighted by atomic mass is 9.81. The van der Waals surface area contributed by atoms with Crippen LogP contribution in [0.4, 0.5) is 0 Å². The highest BCUT2D eigenvalue weighted by Crippen LogP contribution is 2.35. The van der Waals surface area contributed by atoms with Crippen LogP contribution in [0.15, 0.2) is 35.5 Å². The molecule has 0 bridgehead atoms. The van der Waals surface area contributed by atoms with E-state index in [0.29, 0.717) is 5.92 Å². The zero-order valence-electron chi connectivity index (χ0n) is 15.8. The molecule has 0 saturated heterocycles. The summed E-state index contributed by atoms with van der Waals surface area (Å²) in [5, 5.41) is 2.60.